The fraction of sp³-hybridized carbons (Fsp3) is 0.538. The summed E-state index contributed by atoms with van der Waals surface area (Å²) in [6, 6.07) is 14.5. The van der Waals surface area contributed by atoms with Crippen LogP contribution in [0.25, 0.3) is 0 Å². The number of anilines is 1. The second-order valence-corrected chi connectivity index (χ2v) is 8.66. The molecule has 8 heteroatoms. The van der Waals surface area contributed by atoms with Crippen LogP contribution >= 0.6 is 0 Å². The van der Waals surface area contributed by atoms with Gasteiger partial charge in [-0.3, -0.25) is 0 Å². The molecule has 186 valence electrons. The third-order valence-electron chi connectivity index (χ3n) is 6.53. The van der Waals surface area contributed by atoms with Crippen molar-refractivity contribution in [2.75, 3.05) is 65.2 Å². The molecule has 0 aliphatic carbocycles. The third kappa shape index (κ3) is 6.00. The van der Waals surface area contributed by atoms with Gasteiger partial charge in [0.05, 0.1) is 44.9 Å². The van der Waals surface area contributed by atoms with E-state index in [2.05, 4.69) is 40.5 Å². The maximum absolute atomic E-state index is 6.50. The lowest BCUT2D eigenvalue weighted by Gasteiger charge is -2.38. The minimum Gasteiger partial charge on any atom is -0.497 e. The monoisotopic (exact) mass is 471 g/mol. The molecule has 34 heavy (non-hydrogen) atoms. The molecule has 3 N–H and O–H groups in total. The summed E-state index contributed by atoms with van der Waals surface area (Å²) < 4.78 is 28.8. The Morgan fingerprint density at radius 3 is 2.59 bits per heavy atom. The third-order valence-corrected chi connectivity index (χ3v) is 6.53. The summed E-state index contributed by atoms with van der Waals surface area (Å²) in [4.78, 5) is 2.37. The highest BCUT2D eigenvalue weighted by Gasteiger charge is 2.36. The van der Waals surface area contributed by atoms with Crippen LogP contribution in [0.1, 0.15) is 23.5 Å². The molecule has 0 saturated carbocycles. The molecule has 8 nitrogen and oxygen atoms in total. The van der Waals surface area contributed by atoms with E-state index in [4.69, 9.17) is 29.4 Å². The van der Waals surface area contributed by atoms with Gasteiger partial charge in [0.25, 0.3) is 0 Å². The smallest absolute Gasteiger partial charge is 0.142 e. The topological polar surface area (TPSA) is 87.4 Å². The maximum Gasteiger partial charge on any atom is 0.142 e. The van der Waals surface area contributed by atoms with Gasteiger partial charge in [0.2, 0.25) is 0 Å². The molecular formula is C26H37N3O5. The number of methoxy groups -OCH3 is 2. The van der Waals surface area contributed by atoms with Crippen molar-refractivity contribution in [3.05, 3.63) is 53.6 Å². The van der Waals surface area contributed by atoms with Gasteiger partial charge >= 0.3 is 0 Å². The zero-order chi connectivity index (χ0) is 23.8. The second kappa shape index (κ2) is 12.4. The van der Waals surface area contributed by atoms with E-state index in [1.54, 1.807) is 14.2 Å². The molecule has 0 aromatic heterocycles. The van der Waals surface area contributed by atoms with E-state index in [1.807, 2.05) is 12.1 Å². The summed E-state index contributed by atoms with van der Waals surface area (Å²) in [7, 11) is 3.42. The molecule has 3 atom stereocenters. The first-order valence-electron chi connectivity index (χ1n) is 12.0. The van der Waals surface area contributed by atoms with E-state index in [0.717, 1.165) is 67.5 Å². The average molecular weight is 472 g/mol. The molecular weight excluding hydrogens is 434 g/mol. The Labute approximate surface area is 202 Å². The number of rotatable bonds is 11. The normalized spacial score (nSPS) is 22.2. The first-order chi connectivity index (χ1) is 16.7. The molecule has 2 aromatic carbocycles. The second-order valence-electron chi connectivity index (χ2n) is 8.66. The van der Waals surface area contributed by atoms with Gasteiger partial charge in [-0.2, -0.15) is 0 Å². The lowest BCUT2D eigenvalue weighted by Crippen LogP contribution is -2.51. The average Bonchev–Trinajstić information content (AvgIpc) is 2.88. The van der Waals surface area contributed by atoms with Crippen LogP contribution < -0.4 is 25.4 Å². The number of hydrogen-bond donors (Lipinski definition) is 2. The lowest BCUT2D eigenvalue weighted by atomic mass is 9.85. The number of fused-ring (bicyclic) bond motifs is 1. The van der Waals surface area contributed by atoms with Gasteiger partial charge in [0, 0.05) is 39.3 Å². The molecule has 2 aliphatic rings. The summed E-state index contributed by atoms with van der Waals surface area (Å²) in [6.45, 7) is 5.45. The van der Waals surface area contributed by atoms with Crippen LogP contribution in [0.15, 0.2) is 42.5 Å². The van der Waals surface area contributed by atoms with Gasteiger partial charge < -0.3 is 39.6 Å². The molecule has 1 fully saturated rings. The van der Waals surface area contributed by atoms with Crippen molar-refractivity contribution in [2.45, 2.75) is 31.2 Å². The number of piperidine rings is 1. The van der Waals surface area contributed by atoms with Gasteiger partial charge in [-0.15, -0.1) is 0 Å². The quantitative estimate of drug-likeness (QED) is 0.382. The van der Waals surface area contributed by atoms with E-state index in [9.17, 15) is 0 Å². The fourth-order valence-electron chi connectivity index (χ4n) is 4.81. The van der Waals surface area contributed by atoms with Crippen LogP contribution in [0.4, 0.5) is 5.69 Å². The summed E-state index contributed by atoms with van der Waals surface area (Å²) in [6.07, 6.45) is 0.866. The molecule has 0 bridgehead atoms. The number of ether oxygens (including phenoxy) is 5. The van der Waals surface area contributed by atoms with E-state index < -0.39 is 0 Å². The van der Waals surface area contributed by atoms with Crippen LogP contribution in [0.3, 0.4) is 0 Å². The van der Waals surface area contributed by atoms with Crippen LogP contribution in [0.2, 0.25) is 0 Å². The SMILES string of the molecule is COCCCN1CCOc2ccc(CO[C@H]3CNC[C@@H](OCN)C3c3ccc(OC)cc3)cc21. The first-order valence-corrected chi connectivity index (χ1v) is 12.0. The van der Waals surface area contributed by atoms with Crippen molar-refractivity contribution in [3.63, 3.8) is 0 Å². The summed E-state index contributed by atoms with van der Waals surface area (Å²) >= 11 is 0. The molecule has 2 aliphatic heterocycles. The maximum atomic E-state index is 6.50. The Kier molecular flexibility index (Phi) is 9.01. The Balaban J connectivity index is 1.47. The highest BCUT2D eigenvalue weighted by Crippen LogP contribution is 2.34. The minimum absolute atomic E-state index is 0.0521. The van der Waals surface area contributed by atoms with Crippen molar-refractivity contribution in [1.29, 1.82) is 0 Å². The van der Waals surface area contributed by atoms with E-state index in [0.29, 0.717) is 13.2 Å². The van der Waals surface area contributed by atoms with Crippen LogP contribution in [0.5, 0.6) is 11.5 Å². The molecule has 0 radical (unpaired) electrons. The summed E-state index contributed by atoms with van der Waals surface area (Å²) in [5, 5.41) is 3.44. The fourth-order valence-corrected chi connectivity index (χ4v) is 4.81. The number of hydrogen-bond acceptors (Lipinski definition) is 8. The van der Waals surface area contributed by atoms with Crippen LogP contribution in [-0.4, -0.2) is 72.6 Å². The predicted molar refractivity (Wildman–Crippen MR) is 132 cm³/mol. The molecule has 0 amide bonds. The lowest BCUT2D eigenvalue weighted by molar-refractivity contribution is -0.0586. The predicted octanol–water partition coefficient (Wildman–Crippen LogP) is 2.50. The zero-order valence-electron chi connectivity index (χ0n) is 20.2. The molecule has 2 aromatic rings. The van der Waals surface area contributed by atoms with Gasteiger partial charge in [-0.05, 0) is 41.8 Å². The van der Waals surface area contributed by atoms with Crippen molar-refractivity contribution < 1.29 is 23.7 Å². The highest BCUT2D eigenvalue weighted by atomic mass is 16.5. The van der Waals surface area contributed by atoms with Crippen molar-refractivity contribution in [1.82, 2.24) is 5.32 Å². The van der Waals surface area contributed by atoms with Gasteiger partial charge in [-0.1, -0.05) is 18.2 Å². The van der Waals surface area contributed by atoms with Gasteiger partial charge in [0.15, 0.2) is 0 Å². The minimum atomic E-state index is -0.0645. The van der Waals surface area contributed by atoms with Gasteiger partial charge in [-0.25, -0.2) is 0 Å². The largest absolute Gasteiger partial charge is 0.497 e. The number of nitrogens with two attached hydrogens (primary N) is 1. The Bertz CT molecular complexity index is 893. The molecule has 1 saturated heterocycles. The Morgan fingerprint density at radius 1 is 1.06 bits per heavy atom. The Hall–Kier alpha value is -2.36. The molecule has 0 spiro atoms. The van der Waals surface area contributed by atoms with Crippen LogP contribution in [0, 0.1) is 0 Å². The highest BCUT2D eigenvalue weighted by molar-refractivity contribution is 5.61. The van der Waals surface area contributed by atoms with Crippen LogP contribution in [-0.2, 0) is 20.8 Å². The molecule has 1 unspecified atom stereocenters. The summed E-state index contributed by atoms with van der Waals surface area (Å²) in [5.41, 5.74) is 9.15. The zero-order valence-corrected chi connectivity index (χ0v) is 20.2. The number of benzene rings is 2. The van der Waals surface area contributed by atoms with E-state index in [1.165, 1.54) is 0 Å². The van der Waals surface area contributed by atoms with Crippen molar-refractivity contribution in [3.8, 4) is 11.5 Å². The van der Waals surface area contributed by atoms with Crippen molar-refractivity contribution >= 4 is 5.69 Å². The van der Waals surface area contributed by atoms with Gasteiger partial charge in [0.1, 0.15) is 18.1 Å². The standard InChI is InChI=1S/C26H37N3O5/c1-30-12-3-10-29-11-13-32-23-9-4-19(14-22(23)29)17-33-24-15-28-16-25(34-18-27)26(24)20-5-7-21(31-2)8-6-20/h4-9,14,24-26,28H,3,10-13,15-18,27H2,1-2H3/t24-,25+,26?/m0/s1. The first kappa shape index (κ1) is 24.8. The molecule has 4 rings (SSSR count). The summed E-state index contributed by atoms with van der Waals surface area (Å²) in [5.74, 6) is 1.83. The molecule has 2 heterocycles. The van der Waals surface area contributed by atoms with E-state index in [-0.39, 0.29) is 24.9 Å². The van der Waals surface area contributed by atoms with Crippen molar-refractivity contribution in [2.24, 2.45) is 5.73 Å². The Morgan fingerprint density at radius 2 is 1.85 bits per heavy atom. The number of nitrogens with zero attached hydrogens (tertiary/aromatic N) is 1. The van der Waals surface area contributed by atoms with E-state index >= 15 is 0 Å². The number of nitrogens with one attached hydrogen (secondary N) is 1.